The maximum atomic E-state index is 12.1. The molecule has 0 atom stereocenters. The monoisotopic (exact) mass is 326 g/mol. The number of pyridine rings is 2. The van der Waals surface area contributed by atoms with Gasteiger partial charge in [-0.05, 0) is 54.3 Å². The van der Waals surface area contributed by atoms with Gasteiger partial charge in [0, 0.05) is 17.8 Å². The van der Waals surface area contributed by atoms with Crippen LogP contribution in [-0.4, -0.2) is 23.0 Å². The summed E-state index contributed by atoms with van der Waals surface area (Å²) in [5.74, 6) is -0.386. The summed E-state index contributed by atoms with van der Waals surface area (Å²) in [6, 6.07) is 9.42. The molecule has 0 aliphatic rings. The van der Waals surface area contributed by atoms with E-state index >= 15 is 0 Å². The van der Waals surface area contributed by atoms with Crippen LogP contribution in [0.2, 0.25) is 5.15 Å². The molecule has 4 nitrogen and oxygen atoms in total. The molecule has 5 heteroatoms. The summed E-state index contributed by atoms with van der Waals surface area (Å²) < 4.78 is 4.90. The van der Waals surface area contributed by atoms with Crippen LogP contribution in [0, 0.1) is 6.92 Å². The Labute approximate surface area is 139 Å². The highest BCUT2D eigenvalue weighted by atomic mass is 35.5. The first-order chi connectivity index (χ1) is 11.1. The maximum Gasteiger partial charge on any atom is 0.340 e. The molecule has 3 rings (SSSR count). The van der Waals surface area contributed by atoms with Gasteiger partial charge < -0.3 is 4.74 Å². The van der Waals surface area contributed by atoms with E-state index in [1.165, 1.54) is 7.11 Å². The highest BCUT2D eigenvalue weighted by Crippen LogP contribution is 2.27. The van der Waals surface area contributed by atoms with E-state index in [1.807, 2.05) is 37.3 Å². The first-order valence-electron chi connectivity index (χ1n) is 7.16. The van der Waals surface area contributed by atoms with E-state index < -0.39 is 0 Å². The van der Waals surface area contributed by atoms with Crippen molar-refractivity contribution in [3.8, 4) is 0 Å². The Morgan fingerprint density at radius 1 is 1.22 bits per heavy atom. The molecule has 0 saturated heterocycles. The summed E-state index contributed by atoms with van der Waals surface area (Å²) in [6.07, 6.45) is 4.01. The topological polar surface area (TPSA) is 52.1 Å². The molecular weight excluding hydrogens is 312 g/mol. The van der Waals surface area contributed by atoms with Crippen molar-refractivity contribution in [2.45, 2.75) is 13.3 Å². The van der Waals surface area contributed by atoms with Crippen LogP contribution in [0.3, 0.4) is 0 Å². The average Bonchev–Trinajstić information content (AvgIpc) is 2.57. The van der Waals surface area contributed by atoms with Crippen molar-refractivity contribution in [3.63, 3.8) is 0 Å². The summed E-state index contributed by atoms with van der Waals surface area (Å²) in [4.78, 5) is 20.4. The molecule has 2 heterocycles. The second kappa shape index (κ2) is 6.34. The van der Waals surface area contributed by atoms with E-state index in [9.17, 15) is 4.79 Å². The Morgan fingerprint density at radius 2 is 2.04 bits per heavy atom. The van der Waals surface area contributed by atoms with Gasteiger partial charge in [0.2, 0.25) is 0 Å². The fourth-order valence-electron chi connectivity index (χ4n) is 2.67. The van der Waals surface area contributed by atoms with E-state index in [1.54, 1.807) is 12.4 Å². The van der Waals surface area contributed by atoms with Gasteiger partial charge in [-0.1, -0.05) is 17.7 Å². The van der Waals surface area contributed by atoms with Gasteiger partial charge in [0.15, 0.2) is 0 Å². The second-order valence-electron chi connectivity index (χ2n) is 5.26. The minimum Gasteiger partial charge on any atom is -0.465 e. The van der Waals surface area contributed by atoms with Crippen LogP contribution in [0.4, 0.5) is 0 Å². The number of halogens is 1. The largest absolute Gasteiger partial charge is 0.465 e. The molecule has 0 bridgehead atoms. The Balaban J connectivity index is 2.17. The van der Waals surface area contributed by atoms with E-state index in [-0.39, 0.29) is 5.97 Å². The number of carbonyl (C=O) groups is 1. The molecule has 0 unspecified atom stereocenters. The van der Waals surface area contributed by atoms with Gasteiger partial charge in [0.25, 0.3) is 0 Å². The fourth-order valence-corrected chi connectivity index (χ4v) is 2.86. The van der Waals surface area contributed by atoms with Crippen molar-refractivity contribution in [1.82, 2.24) is 9.97 Å². The number of carbonyl (C=O) groups excluding carboxylic acids is 1. The highest BCUT2D eigenvalue weighted by Gasteiger charge is 2.16. The van der Waals surface area contributed by atoms with E-state index in [0.717, 1.165) is 22.1 Å². The zero-order valence-electron chi connectivity index (χ0n) is 12.8. The Morgan fingerprint density at radius 3 is 2.78 bits per heavy atom. The molecule has 0 saturated carbocycles. The van der Waals surface area contributed by atoms with Crippen molar-refractivity contribution in [1.29, 1.82) is 0 Å². The molecule has 0 aliphatic heterocycles. The molecule has 2 aromatic heterocycles. The van der Waals surface area contributed by atoms with Gasteiger partial charge in [0.05, 0.1) is 18.2 Å². The third kappa shape index (κ3) is 3.03. The van der Waals surface area contributed by atoms with E-state index in [0.29, 0.717) is 22.7 Å². The molecule has 0 spiro atoms. The number of rotatable bonds is 3. The smallest absolute Gasteiger partial charge is 0.340 e. The fraction of sp³-hybridized carbons (Fsp3) is 0.167. The summed E-state index contributed by atoms with van der Waals surface area (Å²) in [6.45, 7) is 2.03. The SMILES string of the molecule is COC(=O)c1cc(Cc2ccnc(Cl)c2)c(C)c2cccnc12. The number of methoxy groups -OCH3 is 1. The standard InChI is InChI=1S/C18H15ClN2O2/c1-11-13(8-12-5-7-20-16(19)9-12)10-15(18(22)23-2)17-14(11)4-3-6-21-17/h3-7,9-10H,8H2,1-2H3. The van der Waals surface area contributed by atoms with Crippen molar-refractivity contribution in [3.05, 3.63) is 70.1 Å². The van der Waals surface area contributed by atoms with Crippen molar-refractivity contribution in [2.75, 3.05) is 7.11 Å². The molecule has 0 N–H and O–H groups in total. The first kappa shape index (κ1) is 15.4. The summed E-state index contributed by atoms with van der Waals surface area (Å²) in [5, 5.41) is 1.40. The van der Waals surface area contributed by atoms with Crippen molar-refractivity contribution < 1.29 is 9.53 Å². The van der Waals surface area contributed by atoms with Crippen LogP contribution in [0.25, 0.3) is 10.9 Å². The lowest BCUT2D eigenvalue weighted by molar-refractivity contribution is 0.0602. The molecule has 0 fully saturated rings. The van der Waals surface area contributed by atoms with E-state index in [2.05, 4.69) is 9.97 Å². The molecule has 3 aromatic rings. The third-order valence-corrected chi connectivity index (χ3v) is 4.06. The lowest BCUT2D eigenvalue weighted by Gasteiger charge is -2.13. The van der Waals surface area contributed by atoms with Gasteiger partial charge in [0.1, 0.15) is 5.15 Å². The second-order valence-corrected chi connectivity index (χ2v) is 5.65. The van der Waals surface area contributed by atoms with E-state index in [4.69, 9.17) is 16.3 Å². The van der Waals surface area contributed by atoms with Gasteiger partial charge in [-0.15, -0.1) is 0 Å². The molecule has 0 aliphatic carbocycles. The lowest BCUT2D eigenvalue weighted by Crippen LogP contribution is -2.06. The zero-order valence-corrected chi connectivity index (χ0v) is 13.6. The molecule has 23 heavy (non-hydrogen) atoms. The van der Waals surface area contributed by atoms with Gasteiger partial charge >= 0.3 is 5.97 Å². The number of fused-ring (bicyclic) bond motifs is 1. The Bertz CT molecular complexity index is 893. The quantitative estimate of drug-likeness (QED) is 0.540. The average molecular weight is 327 g/mol. The maximum absolute atomic E-state index is 12.1. The Hall–Kier alpha value is -2.46. The first-order valence-corrected chi connectivity index (χ1v) is 7.54. The number of aryl methyl sites for hydroxylation is 1. The van der Waals surface area contributed by atoms with Gasteiger partial charge in [-0.3, -0.25) is 4.98 Å². The minimum atomic E-state index is -0.386. The predicted molar refractivity (Wildman–Crippen MR) is 89.9 cm³/mol. The number of aromatic nitrogens is 2. The van der Waals surface area contributed by atoms with Gasteiger partial charge in [-0.25, -0.2) is 9.78 Å². The summed E-state index contributed by atoms with van der Waals surface area (Å²) >= 11 is 5.95. The van der Waals surface area contributed by atoms with Crippen LogP contribution in [0.15, 0.2) is 42.7 Å². The normalized spacial score (nSPS) is 10.7. The zero-order chi connectivity index (χ0) is 16.4. The third-order valence-electron chi connectivity index (χ3n) is 3.86. The summed E-state index contributed by atoms with van der Waals surface area (Å²) in [7, 11) is 1.37. The highest BCUT2D eigenvalue weighted by molar-refractivity contribution is 6.29. The molecular formula is C18H15ClN2O2. The number of hydrogen-bond donors (Lipinski definition) is 0. The number of benzene rings is 1. The predicted octanol–water partition coefficient (Wildman–Crippen LogP) is 3.97. The van der Waals surface area contributed by atoms with Gasteiger partial charge in [-0.2, -0.15) is 0 Å². The van der Waals surface area contributed by atoms with Crippen LogP contribution in [-0.2, 0) is 11.2 Å². The molecule has 1 aromatic carbocycles. The number of ether oxygens (including phenoxy) is 1. The van der Waals surface area contributed by atoms with Crippen LogP contribution < -0.4 is 0 Å². The van der Waals surface area contributed by atoms with Crippen LogP contribution in [0.1, 0.15) is 27.0 Å². The molecule has 116 valence electrons. The minimum absolute atomic E-state index is 0.386. The Kier molecular flexibility index (Phi) is 4.26. The lowest BCUT2D eigenvalue weighted by atomic mass is 9.94. The van der Waals surface area contributed by atoms with Crippen molar-refractivity contribution in [2.24, 2.45) is 0 Å². The molecule has 0 amide bonds. The number of nitrogens with zero attached hydrogens (tertiary/aromatic N) is 2. The van der Waals surface area contributed by atoms with Crippen LogP contribution in [0.5, 0.6) is 0 Å². The molecule has 0 radical (unpaired) electrons. The number of esters is 1. The summed E-state index contributed by atoms with van der Waals surface area (Å²) in [5.41, 5.74) is 4.30. The number of hydrogen-bond acceptors (Lipinski definition) is 4. The van der Waals surface area contributed by atoms with Crippen LogP contribution >= 0.6 is 11.6 Å². The van der Waals surface area contributed by atoms with Crippen molar-refractivity contribution >= 4 is 28.5 Å².